The first kappa shape index (κ1) is 17.8. The fourth-order valence-corrected chi connectivity index (χ4v) is 3.61. The van der Waals surface area contributed by atoms with Crippen LogP contribution in [-0.2, 0) is 13.0 Å². The largest absolute Gasteiger partial charge is 0.381 e. The van der Waals surface area contributed by atoms with Gasteiger partial charge in [0, 0.05) is 40.6 Å². The van der Waals surface area contributed by atoms with E-state index in [1.165, 1.54) is 0 Å². The zero-order valence-electron chi connectivity index (χ0n) is 14.5. The third-order valence-corrected chi connectivity index (χ3v) is 5.03. The summed E-state index contributed by atoms with van der Waals surface area (Å²) in [7, 11) is 0. The Morgan fingerprint density at radius 2 is 1.89 bits per heavy atom. The maximum Gasteiger partial charge on any atom is 0.258 e. The molecule has 4 nitrogen and oxygen atoms in total. The number of fused-ring (bicyclic) bond motifs is 1. The highest BCUT2D eigenvalue weighted by Crippen LogP contribution is 2.27. The van der Waals surface area contributed by atoms with Crippen molar-refractivity contribution in [2.75, 3.05) is 16.8 Å². The number of hydrogen-bond acceptors (Lipinski definition) is 3. The second-order valence-corrected chi connectivity index (χ2v) is 7.30. The molecule has 0 fully saturated rings. The van der Waals surface area contributed by atoms with Gasteiger partial charge in [-0.25, -0.2) is 0 Å². The zero-order chi connectivity index (χ0) is 18.8. The van der Waals surface area contributed by atoms with Crippen molar-refractivity contribution in [3.8, 4) is 0 Å². The van der Waals surface area contributed by atoms with Crippen LogP contribution in [0.25, 0.3) is 0 Å². The first-order valence-electron chi connectivity index (χ1n) is 8.64. The fourth-order valence-electron chi connectivity index (χ4n) is 3.22. The summed E-state index contributed by atoms with van der Waals surface area (Å²) in [6.07, 6.45) is 4.29. The lowest BCUT2D eigenvalue weighted by Crippen LogP contribution is -2.37. The van der Waals surface area contributed by atoms with Crippen molar-refractivity contribution in [1.82, 2.24) is 4.98 Å². The van der Waals surface area contributed by atoms with Gasteiger partial charge in [0.1, 0.15) is 0 Å². The van der Waals surface area contributed by atoms with Crippen LogP contribution in [0, 0.1) is 0 Å². The molecule has 6 heteroatoms. The van der Waals surface area contributed by atoms with E-state index in [4.69, 9.17) is 23.2 Å². The standard InChI is InChI=1S/C21H17Cl2N3O/c22-16-2-1-3-18(10-16)25-12-14-8-19(13-24-11-14)26-7-6-15-9-17(23)4-5-20(15)21(26)27/h1-5,8-11,13,25H,6-7,12H2. The second-order valence-electron chi connectivity index (χ2n) is 6.42. The fraction of sp³-hybridized carbons (Fsp3) is 0.143. The second kappa shape index (κ2) is 7.59. The van der Waals surface area contributed by atoms with E-state index in [9.17, 15) is 4.79 Å². The van der Waals surface area contributed by atoms with E-state index in [-0.39, 0.29) is 5.91 Å². The average Bonchev–Trinajstić information content (AvgIpc) is 2.67. The van der Waals surface area contributed by atoms with E-state index < -0.39 is 0 Å². The summed E-state index contributed by atoms with van der Waals surface area (Å²) in [5, 5.41) is 4.67. The van der Waals surface area contributed by atoms with Gasteiger partial charge < -0.3 is 10.2 Å². The van der Waals surface area contributed by atoms with E-state index in [0.717, 1.165) is 28.9 Å². The summed E-state index contributed by atoms with van der Waals surface area (Å²) in [6.45, 7) is 1.20. The van der Waals surface area contributed by atoms with E-state index in [1.807, 2.05) is 36.4 Å². The van der Waals surface area contributed by atoms with E-state index >= 15 is 0 Å². The minimum absolute atomic E-state index is 0.0188. The van der Waals surface area contributed by atoms with Gasteiger partial charge >= 0.3 is 0 Å². The van der Waals surface area contributed by atoms with Gasteiger partial charge in [0.2, 0.25) is 0 Å². The number of rotatable bonds is 4. The molecule has 0 radical (unpaired) electrons. The summed E-state index contributed by atoms with van der Waals surface area (Å²) < 4.78 is 0. The summed E-state index contributed by atoms with van der Waals surface area (Å²) >= 11 is 12.1. The highest BCUT2D eigenvalue weighted by atomic mass is 35.5. The van der Waals surface area contributed by atoms with Crippen LogP contribution in [0.3, 0.4) is 0 Å². The number of halogens is 2. The lowest BCUT2D eigenvalue weighted by molar-refractivity contribution is 0.0980. The van der Waals surface area contributed by atoms with Crippen molar-refractivity contribution in [1.29, 1.82) is 0 Å². The van der Waals surface area contributed by atoms with Crippen LogP contribution in [0.2, 0.25) is 10.0 Å². The van der Waals surface area contributed by atoms with Crippen molar-refractivity contribution in [2.45, 2.75) is 13.0 Å². The summed E-state index contributed by atoms with van der Waals surface area (Å²) in [5.74, 6) is -0.0188. The lowest BCUT2D eigenvalue weighted by atomic mass is 9.98. The quantitative estimate of drug-likeness (QED) is 0.657. The van der Waals surface area contributed by atoms with Gasteiger partial charge in [-0.2, -0.15) is 0 Å². The van der Waals surface area contributed by atoms with Crippen molar-refractivity contribution in [3.63, 3.8) is 0 Å². The van der Waals surface area contributed by atoms with E-state index in [0.29, 0.717) is 28.7 Å². The average molecular weight is 398 g/mol. The Kier molecular flexibility index (Phi) is 5.01. The maximum absolute atomic E-state index is 12.9. The summed E-state index contributed by atoms with van der Waals surface area (Å²) in [6, 6.07) is 15.0. The molecule has 3 aromatic rings. The molecule has 1 aromatic heterocycles. The normalized spacial score (nSPS) is 13.4. The van der Waals surface area contributed by atoms with Gasteiger partial charge in [-0.3, -0.25) is 9.78 Å². The molecule has 27 heavy (non-hydrogen) atoms. The Labute approximate surface area is 167 Å². The zero-order valence-corrected chi connectivity index (χ0v) is 16.0. The smallest absolute Gasteiger partial charge is 0.258 e. The highest BCUT2D eigenvalue weighted by Gasteiger charge is 2.25. The van der Waals surface area contributed by atoms with Crippen LogP contribution < -0.4 is 10.2 Å². The Balaban J connectivity index is 1.52. The van der Waals surface area contributed by atoms with Gasteiger partial charge in [0.15, 0.2) is 0 Å². The topological polar surface area (TPSA) is 45.2 Å². The Bertz CT molecular complexity index is 1010. The van der Waals surface area contributed by atoms with Crippen LogP contribution in [0.15, 0.2) is 60.9 Å². The number of amides is 1. The van der Waals surface area contributed by atoms with Gasteiger partial charge in [-0.1, -0.05) is 29.3 Å². The molecule has 2 aromatic carbocycles. The highest BCUT2D eigenvalue weighted by molar-refractivity contribution is 6.31. The van der Waals surface area contributed by atoms with E-state index in [2.05, 4.69) is 10.3 Å². The van der Waals surface area contributed by atoms with Crippen LogP contribution >= 0.6 is 23.2 Å². The third-order valence-electron chi connectivity index (χ3n) is 4.56. The van der Waals surface area contributed by atoms with Gasteiger partial charge in [0.25, 0.3) is 5.91 Å². The van der Waals surface area contributed by atoms with Crippen LogP contribution in [0.1, 0.15) is 21.5 Å². The molecule has 0 unspecified atom stereocenters. The molecule has 0 spiro atoms. The number of hydrogen-bond donors (Lipinski definition) is 1. The molecule has 1 aliphatic heterocycles. The number of benzene rings is 2. The molecule has 0 bridgehead atoms. The van der Waals surface area contributed by atoms with Crippen molar-refractivity contribution in [3.05, 3.63) is 87.7 Å². The van der Waals surface area contributed by atoms with Gasteiger partial charge in [0.05, 0.1) is 11.9 Å². The molecule has 1 N–H and O–H groups in total. The number of nitrogens with one attached hydrogen (secondary N) is 1. The van der Waals surface area contributed by atoms with Crippen molar-refractivity contribution in [2.24, 2.45) is 0 Å². The minimum atomic E-state index is -0.0188. The maximum atomic E-state index is 12.9. The monoisotopic (exact) mass is 397 g/mol. The molecular weight excluding hydrogens is 381 g/mol. The molecular formula is C21H17Cl2N3O. The molecule has 0 saturated carbocycles. The molecule has 0 saturated heterocycles. The molecule has 0 atom stereocenters. The SMILES string of the molecule is O=C1c2ccc(Cl)cc2CCN1c1cncc(CNc2cccc(Cl)c2)c1. The lowest BCUT2D eigenvalue weighted by Gasteiger charge is -2.28. The first-order chi connectivity index (χ1) is 13.1. The molecule has 1 aliphatic rings. The van der Waals surface area contributed by atoms with Gasteiger partial charge in [-0.15, -0.1) is 0 Å². The molecule has 1 amide bonds. The van der Waals surface area contributed by atoms with Gasteiger partial charge in [-0.05, 0) is 60.0 Å². The van der Waals surface area contributed by atoms with E-state index in [1.54, 1.807) is 29.4 Å². The first-order valence-corrected chi connectivity index (χ1v) is 9.39. The summed E-state index contributed by atoms with van der Waals surface area (Å²) in [5.41, 5.74) is 4.42. The summed E-state index contributed by atoms with van der Waals surface area (Å²) in [4.78, 5) is 19.0. The number of carbonyl (C=O) groups is 1. The molecule has 136 valence electrons. The Hall–Kier alpha value is -2.56. The number of nitrogens with zero attached hydrogens (tertiary/aromatic N) is 2. The Morgan fingerprint density at radius 3 is 2.74 bits per heavy atom. The van der Waals surface area contributed by atoms with Crippen LogP contribution in [-0.4, -0.2) is 17.4 Å². The third kappa shape index (κ3) is 3.92. The molecule has 0 aliphatic carbocycles. The Morgan fingerprint density at radius 1 is 1.04 bits per heavy atom. The number of anilines is 2. The molecule has 2 heterocycles. The predicted octanol–water partition coefficient (Wildman–Crippen LogP) is 5.20. The number of carbonyl (C=O) groups excluding carboxylic acids is 1. The minimum Gasteiger partial charge on any atom is -0.381 e. The van der Waals surface area contributed by atoms with Crippen molar-refractivity contribution < 1.29 is 4.79 Å². The molecule has 4 rings (SSSR count). The van der Waals surface area contributed by atoms with Crippen LogP contribution in [0.5, 0.6) is 0 Å². The predicted molar refractivity (Wildman–Crippen MR) is 110 cm³/mol. The number of aromatic nitrogens is 1. The van der Waals surface area contributed by atoms with Crippen molar-refractivity contribution >= 4 is 40.5 Å². The van der Waals surface area contributed by atoms with Crippen LogP contribution in [0.4, 0.5) is 11.4 Å². The number of pyridine rings is 1.